The maximum absolute atomic E-state index is 11.1. The fourth-order valence-corrected chi connectivity index (χ4v) is 4.48. The van der Waals surface area contributed by atoms with E-state index >= 15 is 0 Å². The number of carbonyl (C=O) groups is 2. The van der Waals surface area contributed by atoms with Gasteiger partial charge in [0.1, 0.15) is 5.78 Å². The summed E-state index contributed by atoms with van der Waals surface area (Å²) in [4.78, 5) is 22.0. The zero-order valence-corrected chi connectivity index (χ0v) is 25.8. The zero-order chi connectivity index (χ0) is 28.8. The maximum atomic E-state index is 11.1. The van der Waals surface area contributed by atoms with Crippen LogP contribution in [0.1, 0.15) is 56.4 Å². The van der Waals surface area contributed by atoms with Gasteiger partial charge in [0.25, 0.3) is 0 Å². The van der Waals surface area contributed by atoms with Crippen LogP contribution in [-0.2, 0) is 22.4 Å². The molecule has 2 atom stereocenters. The summed E-state index contributed by atoms with van der Waals surface area (Å²) in [6.07, 6.45) is 2.48. The molecular weight excluding hydrogens is 601 g/mol. The molecule has 0 saturated carbocycles. The molecule has 0 aliphatic heterocycles. The van der Waals surface area contributed by atoms with Crippen LogP contribution >= 0.6 is 22.6 Å². The Labute approximate surface area is 246 Å². The Morgan fingerprint density at radius 3 is 1.90 bits per heavy atom. The first-order valence-corrected chi connectivity index (χ1v) is 14.0. The molecular formula is C33H38INO4. The van der Waals surface area contributed by atoms with Crippen LogP contribution in [-0.4, -0.2) is 32.0 Å². The fourth-order valence-electron chi connectivity index (χ4n) is 4.12. The van der Waals surface area contributed by atoms with Crippen molar-refractivity contribution in [3.63, 3.8) is 0 Å². The Morgan fingerprint density at radius 1 is 0.795 bits per heavy atom. The monoisotopic (exact) mass is 639 g/mol. The average molecular weight is 640 g/mol. The van der Waals surface area contributed by atoms with Crippen LogP contribution in [0.5, 0.6) is 11.5 Å². The van der Waals surface area contributed by atoms with Crippen molar-refractivity contribution >= 4 is 34.3 Å². The summed E-state index contributed by atoms with van der Waals surface area (Å²) in [7, 11) is 3.22. The lowest BCUT2D eigenvalue weighted by Crippen LogP contribution is -2.31. The van der Waals surface area contributed by atoms with E-state index < -0.39 is 0 Å². The summed E-state index contributed by atoms with van der Waals surface area (Å²) < 4.78 is 11.8. The highest BCUT2D eigenvalue weighted by atomic mass is 127. The van der Waals surface area contributed by atoms with Gasteiger partial charge in [0.05, 0.1) is 14.2 Å². The summed E-state index contributed by atoms with van der Waals surface area (Å²) in [6, 6.07) is 22.3. The molecule has 6 heteroatoms. The number of rotatable bonds is 9. The maximum Gasteiger partial charge on any atom is 0.217 e. The fraction of sp³-hybridized carbons (Fsp3) is 0.333. The molecule has 0 bridgehead atoms. The predicted molar refractivity (Wildman–Crippen MR) is 166 cm³/mol. The van der Waals surface area contributed by atoms with Crippen LogP contribution in [0.15, 0.2) is 66.7 Å². The van der Waals surface area contributed by atoms with Gasteiger partial charge in [-0.3, -0.25) is 4.79 Å². The van der Waals surface area contributed by atoms with Crippen LogP contribution in [0, 0.1) is 21.3 Å². The smallest absolute Gasteiger partial charge is 0.217 e. The molecule has 0 saturated heterocycles. The highest BCUT2D eigenvalue weighted by Crippen LogP contribution is 2.27. The van der Waals surface area contributed by atoms with Gasteiger partial charge in [0.15, 0.2) is 11.5 Å². The Balaban J connectivity index is 0.000000322. The predicted octanol–water partition coefficient (Wildman–Crippen LogP) is 6.62. The van der Waals surface area contributed by atoms with Gasteiger partial charge < -0.3 is 19.6 Å². The third-order valence-corrected chi connectivity index (χ3v) is 6.53. The topological polar surface area (TPSA) is 64.6 Å². The van der Waals surface area contributed by atoms with Crippen LogP contribution in [0.25, 0.3) is 0 Å². The Kier molecular flexibility index (Phi) is 13.6. The van der Waals surface area contributed by atoms with E-state index in [0.29, 0.717) is 23.8 Å². The van der Waals surface area contributed by atoms with Gasteiger partial charge in [-0.25, -0.2) is 0 Å². The number of hydrogen-bond donors (Lipinski definition) is 1. The minimum absolute atomic E-state index is 0.00935. The molecule has 1 amide bonds. The standard InChI is InChI=1S/C21H23NO3.C12H15IO/c1-15(22-16(2)23)13-18-8-5-17(6-9-18)7-10-19-11-12-20(24-3)21(14-19)25-4;1-9(7-10(2)14)8-11-3-5-12(13)6-4-11/h5-6,8-9,11-12,14-15H,13H2,1-4H3,(H,22,23);3-6,9H,7-8H2,1-2H3. The van der Waals surface area contributed by atoms with E-state index in [9.17, 15) is 9.59 Å². The molecule has 1 N–H and O–H groups in total. The molecule has 5 nitrogen and oxygen atoms in total. The molecule has 2 unspecified atom stereocenters. The Hall–Kier alpha value is -3.31. The van der Waals surface area contributed by atoms with Crippen molar-refractivity contribution in [2.75, 3.05) is 14.2 Å². The Morgan fingerprint density at radius 2 is 1.33 bits per heavy atom. The van der Waals surface area contributed by atoms with Crippen molar-refractivity contribution in [1.29, 1.82) is 0 Å². The van der Waals surface area contributed by atoms with Crippen LogP contribution in [0.3, 0.4) is 0 Å². The van der Waals surface area contributed by atoms with E-state index in [2.05, 4.69) is 70.9 Å². The minimum atomic E-state index is -0.00935. The molecule has 0 radical (unpaired) electrons. The number of carbonyl (C=O) groups excluding carboxylic acids is 2. The van der Waals surface area contributed by atoms with E-state index in [4.69, 9.17) is 9.47 Å². The van der Waals surface area contributed by atoms with Gasteiger partial charge in [-0.05, 0) is 109 Å². The molecule has 3 aromatic rings. The molecule has 0 spiro atoms. The summed E-state index contributed by atoms with van der Waals surface area (Å²) in [5, 5.41) is 2.88. The molecule has 39 heavy (non-hydrogen) atoms. The highest BCUT2D eigenvalue weighted by molar-refractivity contribution is 14.1. The van der Waals surface area contributed by atoms with Crippen LogP contribution in [0.2, 0.25) is 0 Å². The number of nitrogens with one attached hydrogen (secondary N) is 1. The van der Waals surface area contributed by atoms with Crippen molar-refractivity contribution in [2.45, 2.75) is 53.0 Å². The number of Topliss-reactive ketones (excluding diaryl/α,β-unsaturated/α-hetero) is 1. The van der Waals surface area contributed by atoms with Crippen molar-refractivity contribution in [2.24, 2.45) is 5.92 Å². The first-order valence-electron chi connectivity index (χ1n) is 12.9. The van der Waals surface area contributed by atoms with Crippen LogP contribution in [0.4, 0.5) is 0 Å². The van der Waals surface area contributed by atoms with Gasteiger partial charge in [0.2, 0.25) is 5.91 Å². The van der Waals surface area contributed by atoms with E-state index in [-0.39, 0.29) is 17.7 Å². The lowest BCUT2D eigenvalue weighted by atomic mass is 9.97. The van der Waals surface area contributed by atoms with Crippen molar-refractivity contribution in [1.82, 2.24) is 5.32 Å². The van der Waals surface area contributed by atoms with E-state index in [0.717, 1.165) is 29.5 Å². The summed E-state index contributed by atoms with van der Waals surface area (Å²) >= 11 is 2.30. The molecule has 0 fully saturated rings. The van der Waals surface area contributed by atoms with Crippen molar-refractivity contribution in [3.05, 3.63) is 92.6 Å². The van der Waals surface area contributed by atoms with Crippen molar-refractivity contribution < 1.29 is 19.1 Å². The highest BCUT2D eigenvalue weighted by Gasteiger charge is 2.07. The van der Waals surface area contributed by atoms with E-state index in [1.165, 1.54) is 16.1 Å². The summed E-state index contributed by atoms with van der Waals surface area (Å²) in [5.41, 5.74) is 4.28. The SMILES string of the molecule is CC(=O)CC(C)Cc1ccc(I)cc1.COc1ccc(C#Cc2ccc(CC(C)NC(C)=O)cc2)cc1OC. The molecule has 0 heterocycles. The van der Waals surface area contributed by atoms with Crippen LogP contribution < -0.4 is 14.8 Å². The minimum Gasteiger partial charge on any atom is -0.493 e. The number of hydrogen-bond acceptors (Lipinski definition) is 4. The Bertz CT molecular complexity index is 1270. The van der Waals surface area contributed by atoms with E-state index in [1.54, 1.807) is 21.1 Å². The van der Waals surface area contributed by atoms with Gasteiger partial charge >= 0.3 is 0 Å². The first-order chi connectivity index (χ1) is 18.6. The third-order valence-electron chi connectivity index (χ3n) is 5.81. The molecule has 0 aromatic heterocycles. The number of ketones is 1. The van der Waals surface area contributed by atoms with Gasteiger partial charge in [-0.1, -0.05) is 43.0 Å². The van der Waals surface area contributed by atoms with E-state index in [1.807, 2.05) is 49.4 Å². The molecule has 0 aliphatic rings. The average Bonchev–Trinajstić information content (AvgIpc) is 2.89. The second-order valence-corrected chi connectivity index (χ2v) is 10.9. The number of benzene rings is 3. The summed E-state index contributed by atoms with van der Waals surface area (Å²) in [5.74, 6) is 8.35. The molecule has 206 valence electrons. The van der Waals surface area contributed by atoms with Gasteiger partial charge in [-0.2, -0.15) is 0 Å². The lowest BCUT2D eigenvalue weighted by Gasteiger charge is -2.12. The van der Waals surface area contributed by atoms with Crippen molar-refractivity contribution in [3.8, 4) is 23.3 Å². The van der Waals surface area contributed by atoms with Gasteiger partial charge in [0, 0.05) is 34.1 Å². The first kappa shape index (κ1) is 31.9. The quantitative estimate of drug-likeness (QED) is 0.211. The van der Waals surface area contributed by atoms with Gasteiger partial charge in [-0.15, -0.1) is 0 Å². The molecule has 3 aromatic carbocycles. The molecule has 0 aliphatic carbocycles. The molecule has 3 rings (SSSR count). The number of methoxy groups -OCH3 is 2. The number of halogens is 1. The summed E-state index contributed by atoms with van der Waals surface area (Å²) in [6.45, 7) is 7.30. The zero-order valence-electron chi connectivity index (χ0n) is 23.6. The number of amides is 1. The lowest BCUT2D eigenvalue weighted by molar-refractivity contribution is -0.119. The normalized spacial score (nSPS) is 11.6. The third kappa shape index (κ3) is 12.4. The largest absolute Gasteiger partial charge is 0.493 e. The number of ether oxygens (including phenoxy) is 2. The second kappa shape index (κ2) is 16.6. The second-order valence-electron chi connectivity index (χ2n) is 9.66.